The van der Waals surface area contributed by atoms with E-state index in [0.717, 1.165) is 55.7 Å². The zero-order valence-electron chi connectivity index (χ0n) is 17.8. The number of amides is 2. The average Bonchev–Trinajstić information content (AvgIpc) is 3.18. The molecule has 0 N–H and O–H groups in total. The number of rotatable bonds is 5. The molecule has 0 unspecified atom stereocenters. The lowest BCUT2D eigenvalue weighted by Gasteiger charge is -2.56. The summed E-state index contributed by atoms with van der Waals surface area (Å²) in [4.78, 5) is 34.9. The summed E-state index contributed by atoms with van der Waals surface area (Å²) in [7, 11) is 0. The van der Waals surface area contributed by atoms with E-state index in [4.69, 9.17) is 0 Å². The Labute approximate surface area is 182 Å². The summed E-state index contributed by atoms with van der Waals surface area (Å²) in [5, 5.41) is 1.05. The van der Waals surface area contributed by atoms with Gasteiger partial charge in [-0.2, -0.15) is 0 Å². The van der Waals surface area contributed by atoms with Crippen LogP contribution in [0.1, 0.15) is 56.9 Å². The van der Waals surface area contributed by atoms with Crippen LogP contribution < -0.4 is 0 Å². The van der Waals surface area contributed by atoms with E-state index in [-0.39, 0.29) is 5.91 Å². The summed E-state index contributed by atoms with van der Waals surface area (Å²) < 4.78 is 1.19. The molecule has 30 heavy (non-hydrogen) atoms. The summed E-state index contributed by atoms with van der Waals surface area (Å²) in [5.74, 6) is 1.51. The van der Waals surface area contributed by atoms with Gasteiger partial charge in [0.2, 0.25) is 11.8 Å². The van der Waals surface area contributed by atoms with E-state index in [2.05, 4.69) is 27.8 Å². The third kappa shape index (κ3) is 3.64. The van der Waals surface area contributed by atoms with Crippen molar-refractivity contribution in [1.29, 1.82) is 0 Å². The standard InChI is InChI=1S/C24H31N3O2S/c1-2-6-19-16-13-17(20-8-5-10-24(29)27(19)20)15-26(14-16)23(28)12-11-22-25-18-7-3-4-9-21(18)30-22/h3-4,7,9,16-17,19-20H,2,5-6,8,10-15H2,1H3/t16-,17+,19-,20-/m0/s1. The van der Waals surface area contributed by atoms with Crippen molar-refractivity contribution in [2.75, 3.05) is 13.1 Å². The Morgan fingerprint density at radius 1 is 1.23 bits per heavy atom. The second-order valence-electron chi connectivity index (χ2n) is 9.25. The minimum absolute atomic E-state index is 0.259. The van der Waals surface area contributed by atoms with E-state index >= 15 is 0 Å². The first-order chi connectivity index (χ1) is 14.6. The van der Waals surface area contributed by atoms with E-state index in [1.807, 2.05) is 18.2 Å². The molecule has 1 aromatic heterocycles. The number of fused-ring (bicyclic) bond motifs is 5. The summed E-state index contributed by atoms with van der Waals surface area (Å²) in [6.45, 7) is 3.85. The second kappa shape index (κ2) is 8.29. The lowest BCUT2D eigenvalue weighted by Crippen LogP contribution is -2.65. The molecule has 3 aliphatic rings. The molecule has 4 atom stereocenters. The Balaban J connectivity index is 1.28. The van der Waals surface area contributed by atoms with Crippen molar-refractivity contribution in [2.45, 2.75) is 70.4 Å². The van der Waals surface area contributed by atoms with Crippen LogP contribution in [0.4, 0.5) is 0 Å². The quantitative estimate of drug-likeness (QED) is 0.719. The highest BCUT2D eigenvalue weighted by Crippen LogP contribution is 2.43. The molecule has 4 heterocycles. The molecule has 3 aliphatic heterocycles. The van der Waals surface area contributed by atoms with Crippen molar-refractivity contribution >= 4 is 33.4 Å². The number of nitrogens with zero attached hydrogens (tertiary/aromatic N) is 3. The van der Waals surface area contributed by atoms with Crippen molar-refractivity contribution in [3.05, 3.63) is 29.3 Å². The lowest BCUT2D eigenvalue weighted by molar-refractivity contribution is -0.156. The number of benzene rings is 1. The fraction of sp³-hybridized carbons (Fsp3) is 0.625. The van der Waals surface area contributed by atoms with Crippen LogP contribution >= 0.6 is 11.3 Å². The molecule has 5 nitrogen and oxygen atoms in total. The van der Waals surface area contributed by atoms with E-state index in [1.165, 1.54) is 11.1 Å². The van der Waals surface area contributed by atoms with Gasteiger partial charge in [-0.25, -0.2) is 4.98 Å². The van der Waals surface area contributed by atoms with E-state index < -0.39 is 0 Å². The number of aromatic nitrogens is 1. The summed E-state index contributed by atoms with van der Waals surface area (Å²) >= 11 is 1.70. The number of piperidine rings is 3. The first-order valence-electron chi connectivity index (χ1n) is 11.6. The first-order valence-corrected chi connectivity index (χ1v) is 12.4. The zero-order valence-corrected chi connectivity index (χ0v) is 18.6. The number of para-hydroxylation sites is 1. The molecule has 0 radical (unpaired) electrons. The lowest BCUT2D eigenvalue weighted by atomic mass is 9.71. The van der Waals surface area contributed by atoms with Gasteiger partial charge in [0.15, 0.2) is 0 Å². The third-order valence-electron chi connectivity index (χ3n) is 7.32. The molecule has 5 rings (SSSR count). The summed E-state index contributed by atoms with van der Waals surface area (Å²) in [6.07, 6.45) is 7.41. The minimum Gasteiger partial charge on any atom is -0.342 e. The van der Waals surface area contributed by atoms with Gasteiger partial charge < -0.3 is 9.80 Å². The topological polar surface area (TPSA) is 53.5 Å². The van der Waals surface area contributed by atoms with Crippen molar-refractivity contribution < 1.29 is 9.59 Å². The maximum Gasteiger partial charge on any atom is 0.223 e. The minimum atomic E-state index is 0.259. The van der Waals surface area contributed by atoms with Crippen LogP contribution in [0.25, 0.3) is 10.2 Å². The summed E-state index contributed by atoms with van der Waals surface area (Å²) in [6, 6.07) is 8.84. The van der Waals surface area contributed by atoms with Crippen molar-refractivity contribution in [2.24, 2.45) is 11.8 Å². The molecule has 6 heteroatoms. The Morgan fingerprint density at radius 2 is 2.07 bits per heavy atom. The predicted molar refractivity (Wildman–Crippen MR) is 119 cm³/mol. The molecule has 3 saturated heterocycles. The monoisotopic (exact) mass is 425 g/mol. The molecule has 2 aromatic rings. The summed E-state index contributed by atoms with van der Waals surface area (Å²) in [5.41, 5.74) is 1.03. The third-order valence-corrected chi connectivity index (χ3v) is 8.42. The van der Waals surface area contributed by atoms with Crippen LogP contribution in [-0.2, 0) is 16.0 Å². The predicted octanol–water partition coefficient (Wildman–Crippen LogP) is 4.26. The number of thiazole rings is 1. The van der Waals surface area contributed by atoms with Crippen LogP contribution in [0.15, 0.2) is 24.3 Å². The van der Waals surface area contributed by atoms with Crippen molar-refractivity contribution in [3.63, 3.8) is 0 Å². The van der Waals surface area contributed by atoms with Crippen LogP contribution in [-0.4, -0.2) is 51.8 Å². The molecule has 2 bridgehead atoms. The molecule has 160 valence electrons. The fourth-order valence-electron chi connectivity index (χ4n) is 6.05. The van der Waals surface area contributed by atoms with Gasteiger partial charge in [0.05, 0.1) is 15.2 Å². The van der Waals surface area contributed by atoms with Gasteiger partial charge in [-0.15, -0.1) is 11.3 Å². The van der Waals surface area contributed by atoms with Gasteiger partial charge in [0, 0.05) is 44.4 Å². The number of hydrogen-bond acceptors (Lipinski definition) is 4. The highest BCUT2D eigenvalue weighted by molar-refractivity contribution is 7.18. The Morgan fingerprint density at radius 3 is 2.90 bits per heavy atom. The smallest absolute Gasteiger partial charge is 0.223 e. The SMILES string of the molecule is CCC[C@H]1[C@H]2C[C@H](CN(C(=O)CCc3nc4ccccc4s3)C2)[C@@H]2CCCC(=O)N21. The molecule has 0 spiro atoms. The van der Waals surface area contributed by atoms with Gasteiger partial charge in [-0.3, -0.25) is 9.59 Å². The fourth-order valence-corrected chi connectivity index (χ4v) is 7.01. The molecule has 1 aromatic carbocycles. The van der Waals surface area contributed by atoms with E-state index in [1.54, 1.807) is 11.3 Å². The molecule has 2 amide bonds. The van der Waals surface area contributed by atoms with Gasteiger partial charge in [-0.05, 0) is 49.7 Å². The highest BCUT2D eigenvalue weighted by Gasteiger charge is 2.49. The maximum absolute atomic E-state index is 13.1. The molecule has 0 saturated carbocycles. The first kappa shape index (κ1) is 20.0. The number of hydrogen-bond donors (Lipinski definition) is 0. The van der Waals surface area contributed by atoms with Crippen LogP contribution in [0, 0.1) is 11.8 Å². The number of carbonyl (C=O) groups excluding carboxylic acids is 2. The van der Waals surface area contributed by atoms with Gasteiger partial charge >= 0.3 is 0 Å². The largest absolute Gasteiger partial charge is 0.342 e. The average molecular weight is 426 g/mol. The van der Waals surface area contributed by atoms with E-state index in [0.29, 0.717) is 42.7 Å². The Bertz CT molecular complexity index is 908. The molecular weight excluding hydrogens is 394 g/mol. The van der Waals surface area contributed by atoms with Gasteiger partial charge in [0.25, 0.3) is 0 Å². The van der Waals surface area contributed by atoms with Crippen LogP contribution in [0.2, 0.25) is 0 Å². The zero-order chi connectivity index (χ0) is 20.7. The van der Waals surface area contributed by atoms with E-state index in [9.17, 15) is 9.59 Å². The molecular formula is C24H31N3O2S. The van der Waals surface area contributed by atoms with Crippen LogP contribution in [0.5, 0.6) is 0 Å². The maximum atomic E-state index is 13.1. The molecule has 0 aliphatic carbocycles. The number of carbonyl (C=O) groups is 2. The Hall–Kier alpha value is -1.95. The second-order valence-corrected chi connectivity index (χ2v) is 10.4. The Kier molecular flexibility index (Phi) is 5.52. The normalized spacial score (nSPS) is 28.6. The van der Waals surface area contributed by atoms with Crippen molar-refractivity contribution in [1.82, 2.24) is 14.8 Å². The van der Waals surface area contributed by atoms with Gasteiger partial charge in [-0.1, -0.05) is 25.5 Å². The highest BCUT2D eigenvalue weighted by atomic mass is 32.1. The number of aryl methyl sites for hydroxylation is 1. The van der Waals surface area contributed by atoms with Crippen molar-refractivity contribution in [3.8, 4) is 0 Å². The molecule has 3 fully saturated rings. The number of likely N-dealkylation sites (tertiary alicyclic amines) is 1. The van der Waals surface area contributed by atoms with Crippen LogP contribution in [0.3, 0.4) is 0 Å². The van der Waals surface area contributed by atoms with Gasteiger partial charge in [0.1, 0.15) is 0 Å².